The number of amides is 1. The first-order chi connectivity index (χ1) is 8.58. The molecule has 1 aliphatic heterocycles. The Hall–Kier alpha value is -0.770. The molecule has 0 aromatic heterocycles. The number of nitrogens with one attached hydrogen (secondary N) is 1. The van der Waals surface area contributed by atoms with Gasteiger partial charge in [0.25, 0.3) is 5.91 Å². The fourth-order valence-electron chi connectivity index (χ4n) is 2.05. The molecule has 1 aliphatic rings. The van der Waals surface area contributed by atoms with E-state index in [-0.39, 0.29) is 18.1 Å². The van der Waals surface area contributed by atoms with Crippen molar-refractivity contribution in [3.8, 4) is 0 Å². The molecule has 2 rings (SSSR count). The monoisotopic (exact) mass is 287 g/mol. The third kappa shape index (κ3) is 3.16. The summed E-state index contributed by atoms with van der Waals surface area (Å²) in [6.45, 7) is 2.70. The molecule has 98 valence electrons. The van der Waals surface area contributed by atoms with Gasteiger partial charge in [-0.25, -0.2) is 0 Å². The van der Waals surface area contributed by atoms with Crippen LogP contribution in [-0.4, -0.2) is 24.7 Å². The number of ether oxygens (including phenoxy) is 1. The van der Waals surface area contributed by atoms with Crippen LogP contribution in [0.1, 0.15) is 30.1 Å². The molecule has 1 N–H and O–H groups in total. The summed E-state index contributed by atoms with van der Waals surface area (Å²) in [6, 6.07) is 4.82. The number of rotatable bonds is 3. The lowest BCUT2D eigenvalue weighted by Crippen LogP contribution is -2.40. The van der Waals surface area contributed by atoms with E-state index in [1.165, 1.54) is 0 Å². The molecule has 0 bridgehead atoms. The normalized spacial score (nSPS) is 20.7. The van der Waals surface area contributed by atoms with E-state index in [0.717, 1.165) is 19.4 Å². The maximum atomic E-state index is 12.1. The van der Waals surface area contributed by atoms with E-state index in [1.807, 2.05) is 6.92 Å². The highest BCUT2D eigenvalue weighted by Gasteiger charge is 2.24. The number of hydrogen-bond acceptors (Lipinski definition) is 2. The van der Waals surface area contributed by atoms with Gasteiger partial charge in [0.05, 0.1) is 22.7 Å². The second-order valence-corrected chi connectivity index (χ2v) is 5.28. The lowest BCUT2D eigenvalue weighted by Gasteiger charge is -2.20. The molecule has 1 heterocycles. The summed E-state index contributed by atoms with van der Waals surface area (Å²) < 4.78 is 5.53. The zero-order valence-corrected chi connectivity index (χ0v) is 11.6. The number of halogens is 2. The van der Waals surface area contributed by atoms with E-state index in [0.29, 0.717) is 15.6 Å². The molecule has 1 aromatic carbocycles. The first-order valence-corrected chi connectivity index (χ1v) is 6.71. The molecule has 0 radical (unpaired) electrons. The number of hydrogen-bond donors (Lipinski definition) is 1. The standard InChI is InChI=1S/C13H15Cl2NO2/c1-8(12-3-2-6-18-12)16-13(17)10-7-9(14)4-5-11(10)15/h4-5,7-8,12H,2-3,6H2,1H3,(H,16,17)/t8-,12-/m1/s1. The van der Waals surface area contributed by atoms with Crippen LogP contribution in [0.15, 0.2) is 18.2 Å². The summed E-state index contributed by atoms with van der Waals surface area (Å²) in [6.07, 6.45) is 2.11. The summed E-state index contributed by atoms with van der Waals surface area (Å²) in [5, 5.41) is 3.79. The van der Waals surface area contributed by atoms with E-state index in [2.05, 4.69) is 5.32 Å². The van der Waals surface area contributed by atoms with Crippen molar-refractivity contribution >= 4 is 29.1 Å². The molecule has 1 amide bonds. The van der Waals surface area contributed by atoms with E-state index in [4.69, 9.17) is 27.9 Å². The predicted octanol–water partition coefficient (Wildman–Crippen LogP) is 3.29. The zero-order chi connectivity index (χ0) is 13.1. The summed E-state index contributed by atoms with van der Waals surface area (Å²) >= 11 is 11.8. The smallest absolute Gasteiger partial charge is 0.253 e. The molecular formula is C13H15Cl2NO2. The van der Waals surface area contributed by atoms with Gasteiger partial charge in [-0.3, -0.25) is 4.79 Å². The van der Waals surface area contributed by atoms with Crippen LogP contribution < -0.4 is 5.32 Å². The van der Waals surface area contributed by atoms with Crippen molar-refractivity contribution in [1.82, 2.24) is 5.32 Å². The van der Waals surface area contributed by atoms with Crippen molar-refractivity contribution < 1.29 is 9.53 Å². The molecule has 18 heavy (non-hydrogen) atoms. The minimum absolute atomic E-state index is 0.0324. The van der Waals surface area contributed by atoms with E-state index >= 15 is 0 Å². The van der Waals surface area contributed by atoms with Crippen LogP contribution in [0.25, 0.3) is 0 Å². The maximum absolute atomic E-state index is 12.1. The summed E-state index contributed by atoms with van der Waals surface area (Å²) in [5.41, 5.74) is 0.397. The first-order valence-electron chi connectivity index (χ1n) is 5.95. The number of carbonyl (C=O) groups excluding carboxylic acids is 1. The van der Waals surface area contributed by atoms with Crippen LogP contribution in [0, 0.1) is 0 Å². The van der Waals surface area contributed by atoms with Crippen LogP contribution in [0.5, 0.6) is 0 Å². The molecule has 5 heteroatoms. The highest BCUT2D eigenvalue weighted by molar-refractivity contribution is 6.35. The Balaban J connectivity index is 2.04. The van der Waals surface area contributed by atoms with Crippen molar-refractivity contribution in [1.29, 1.82) is 0 Å². The molecule has 0 aliphatic carbocycles. The van der Waals surface area contributed by atoms with Crippen molar-refractivity contribution in [3.05, 3.63) is 33.8 Å². The molecule has 1 saturated heterocycles. The highest BCUT2D eigenvalue weighted by Crippen LogP contribution is 2.21. The fraction of sp³-hybridized carbons (Fsp3) is 0.462. The van der Waals surface area contributed by atoms with Crippen LogP contribution in [-0.2, 0) is 4.74 Å². The van der Waals surface area contributed by atoms with Gasteiger partial charge in [0.1, 0.15) is 0 Å². The molecule has 0 spiro atoms. The predicted molar refractivity (Wildman–Crippen MR) is 72.4 cm³/mol. The van der Waals surface area contributed by atoms with Gasteiger partial charge in [0, 0.05) is 11.6 Å². The third-order valence-electron chi connectivity index (χ3n) is 3.05. The number of benzene rings is 1. The van der Waals surface area contributed by atoms with Gasteiger partial charge in [0.15, 0.2) is 0 Å². The average molecular weight is 288 g/mol. The molecule has 2 atom stereocenters. The summed E-state index contributed by atoms with van der Waals surface area (Å²) in [5.74, 6) is -0.217. The van der Waals surface area contributed by atoms with Crippen LogP contribution in [0.2, 0.25) is 10.0 Å². The molecule has 1 fully saturated rings. The van der Waals surface area contributed by atoms with E-state index in [9.17, 15) is 4.79 Å². The van der Waals surface area contributed by atoms with Gasteiger partial charge in [0.2, 0.25) is 0 Å². The van der Waals surface area contributed by atoms with Crippen molar-refractivity contribution in [2.24, 2.45) is 0 Å². The Kier molecular flexibility index (Phi) is 4.49. The Morgan fingerprint density at radius 2 is 2.28 bits per heavy atom. The topological polar surface area (TPSA) is 38.3 Å². The lowest BCUT2D eigenvalue weighted by molar-refractivity contribution is 0.0712. The average Bonchev–Trinajstić information content (AvgIpc) is 2.85. The molecule has 1 aromatic rings. The highest BCUT2D eigenvalue weighted by atomic mass is 35.5. The van der Waals surface area contributed by atoms with Gasteiger partial charge in [-0.05, 0) is 38.0 Å². The van der Waals surface area contributed by atoms with Gasteiger partial charge in [-0.2, -0.15) is 0 Å². The molecule has 3 nitrogen and oxygen atoms in total. The number of carbonyl (C=O) groups is 1. The Labute approximate surface area is 116 Å². The van der Waals surface area contributed by atoms with Crippen LogP contribution in [0.3, 0.4) is 0 Å². The van der Waals surface area contributed by atoms with Crippen LogP contribution in [0.4, 0.5) is 0 Å². The second-order valence-electron chi connectivity index (χ2n) is 4.44. The van der Waals surface area contributed by atoms with Crippen LogP contribution >= 0.6 is 23.2 Å². The Morgan fingerprint density at radius 1 is 1.50 bits per heavy atom. The molecule has 0 saturated carbocycles. The Morgan fingerprint density at radius 3 is 2.94 bits per heavy atom. The fourth-order valence-corrected chi connectivity index (χ4v) is 2.42. The van der Waals surface area contributed by atoms with Crippen molar-refractivity contribution in [2.45, 2.75) is 31.9 Å². The maximum Gasteiger partial charge on any atom is 0.253 e. The minimum atomic E-state index is -0.217. The molecular weight excluding hydrogens is 273 g/mol. The lowest BCUT2D eigenvalue weighted by atomic mass is 10.1. The van der Waals surface area contributed by atoms with Gasteiger partial charge < -0.3 is 10.1 Å². The molecule has 0 unspecified atom stereocenters. The Bertz CT molecular complexity index is 445. The second kappa shape index (κ2) is 5.91. The third-order valence-corrected chi connectivity index (χ3v) is 3.62. The van der Waals surface area contributed by atoms with Gasteiger partial charge in [-0.1, -0.05) is 23.2 Å². The quantitative estimate of drug-likeness (QED) is 0.926. The van der Waals surface area contributed by atoms with Gasteiger partial charge >= 0.3 is 0 Å². The first kappa shape index (κ1) is 13.7. The van der Waals surface area contributed by atoms with Crippen molar-refractivity contribution in [3.63, 3.8) is 0 Å². The van der Waals surface area contributed by atoms with Crippen molar-refractivity contribution in [2.75, 3.05) is 6.61 Å². The largest absolute Gasteiger partial charge is 0.376 e. The zero-order valence-electron chi connectivity index (χ0n) is 10.1. The van der Waals surface area contributed by atoms with Gasteiger partial charge in [-0.15, -0.1) is 0 Å². The van der Waals surface area contributed by atoms with E-state index in [1.54, 1.807) is 18.2 Å². The van der Waals surface area contributed by atoms with E-state index < -0.39 is 0 Å². The summed E-state index contributed by atoms with van der Waals surface area (Å²) in [4.78, 5) is 12.1. The summed E-state index contributed by atoms with van der Waals surface area (Å²) in [7, 11) is 0. The SMILES string of the molecule is C[C@@H](NC(=O)c1cc(Cl)ccc1Cl)[C@H]1CCCO1. The minimum Gasteiger partial charge on any atom is -0.376 e.